The number of carboxylic acid groups (broad SMARTS) is 1. The Kier molecular flexibility index (Phi) is 5.44. The summed E-state index contributed by atoms with van der Waals surface area (Å²) < 4.78 is 6.59. The fourth-order valence-electron chi connectivity index (χ4n) is 2.12. The lowest BCUT2D eigenvalue weighted by molar-refractivity contribution is 0.0697. The molecule has 2 N–H and O–H groups in total. The zero-order chi connectivity index (χ0) is 16.1. The molecule has 0 bridgehead atoms. The zero-order valence-electron chi connectivity index (χ0n) is 12.5. The number of hydrogen-bond acceptors (Lipinski definition) is 3. The number of aryl methyl sites for hydroxylation is 1. The highest BCUT2D eigenvalue weighted by Gasteiger charge is 2.08. The van der Waals surface area contributed by atoms with Gasteiger partial charge in [0.2, 0.25) is 0 Å². The van der Waals surface area contributed by atoms with Gasteiger partial charge < -0.3 is 15.2 Å². The van der Waals surface area contributed by atoms with Crippen LogP contribution in [-0.2, 0) is 6.54 Å². The highest BCUT2D eigenvalue weighted by Crippen LogP contribution is 2.25. The second kappa shape index (κ2) is 7.31. The third-order valence-corrected chi connectivity index (χ3v) is 3.77. The van der Waals surface area contributed by atoms with Crippen molar-refractivity contribution in [1.82, 2.24) is 0 Å². The van der Waals surface area contributed by atoms with Crippen molar-refractivity contribution in [3.05, 3.63) is 57.6 Å². The Bertz CT molecular complexity index is 686. The maximum atomic E-state index is 11.1. The molecule has 0 atom stereocenters. The number of anilines is 1. The molecule has 0 aliphatic carbocycles. The van der Waals surface area contributed by atoms with Crippen molar-refractivity contribution in [2.24, 2.45) is 0 Å². The Balaban J connectivity index is 2.21. The summed E-state index contributed by atoms with van der Waals surface area (Å²) in [6.45, 7) is 5.04. The third-order valence-electron chi connectivity index (χ3n) is 3.28. The van der Waals surface area contributed by atoms with E-state index < -0.39 is 5.97 Å². The predicted molar refractivity (Wildman–Crippen MR) is 90.8 cm³/mol. The van der Waals surface area contributed by atoms with Crippen LogP contribution in [0.25, 0.3) is 0 Å². The van der Waals surface area contributed by atoms with Gasteiger partial charge in [0.05, 0.1) is 12.2 Å². The van der Waals surface area contributed by atoms with Gasteiger partial charge in [-0.3, -0.25) is 0 Å². The molecule has 22 heavy (non-hydrogen) atoms. The summed E-state index contributed by atoms with van der Waals surface area (Å²) in [6, 6.07) is 10.9. The fourth-order valence-corrected chi connectivity index (χ4v) is 2.53. The summed E-state index contributed by atoms with van der Waals surface area (Å²) in [5.74, 6) is -0.106. The monoisotopic (exact) mass is 363 g/mol. The van der Waals surface area contributed by atoms with E-state index in [1.807, 2.05) is 32.0 Å². The van der Waals surface area contributed by atoms with Gasteiger partial charge in [0.25, 0.3) is 0 Å². The van der Waals surface area contributed by atoms with Gasteiger partial charge in [0.15, 0.2) is 0 Å². The molecule has 2 aromatic rings. The van der Waals surface area contributed by atoms with E-state index in [4.69, 9.17) is 9.84 Å². The Labute approximate surface area is 138 Å². The van der Waals surface area contributed by atoms with E-state index >= 15 is 0 Å². The minimum Gasteiger partial charge on any atom is -0.494 e. The first-order valence-electron chi connectivity index (χ1n) is 7.00. The SMILES string of the molecule is CCOc1ccc(Br)cc1CNc1cc(C(=O)O)ccc1C. The Morgan fingerprint density at radius 1 is 1.27 bits per heavy atom. The molecular formula is C17H18BrNO3. The number of carbonyl (C=O) groups is 1. The third kappa shape index (κ3) is 4.01. The number of ether oxygens (including phenoxy) is 1. The topological polar surface area (TPSA) is 58.6 Å². The maximum absolute atomic E-state index is 11.1. The van der Waals surface area contributed by atoms with Gasteiger partial charge in [-0.1, -0.05) is 22.0 Å². The maximum Gasteiger partial charge on any atom is 0.335 e. The van der Waals surface area contributed by atoms with E-state index in [1.54, 1.807) is 18.2 Å². The molecule has 0 unspecified atom stereocenters. The van der Waals surface area contributed by atoms with E-state index in [-0.39, 0.29) is 5.56 Å². The van der Waals surface area contributed by atoms with Crippen molar-refractivity contribution < 1.29 is 14.6 Å². The van der Waals surface area contributed by atoms with E-state index in [0.717, 1.165) is 27.0 Å². The summed E-state index contributed by atoms with van der Waals surface area (Å²) >= 11 is 3.46. The lowest BCUT2D eigenvalue weighted by atomic mass is 10.1. The van der Waals surface area contributed by atoms with Crippen molar-refractivity contribution in [2.75, 3.05) is 11.9 Å². The number of aromatic carboxylic acids is 1. The molecule has 4 nitrogen and oxygen atoms in total. The Hall–Kier alpha value is -2.01. The van der Waals surface area contributed by atoms with Gasteiger partial charge in [-0.05, 0) is 49.7 Å². The van der Waals surface area contributed by atoms with Crippen LogP contribution in [0, 0.1) is 6.92 Å². The summed E-state index contributed by atoms with van der Waals surface area (Å²) in [5, 5.41) is 12.4. The Morgan fingerprint density at radius 3 is 2.73 bits per heavy atom. The van der Waals surface area contributed by atoms with Gasteiger partial charge in [-0.2, -0.15) is 0 Å². The number of hydrogen-bond donors (Lipinski definition) is 2. The summed E-state index contributed by atoms with van der Waals surface area (Å²) in [5.41, 5.74) is 3.09. The van der Waals surface area contributed by atoms with Crippen LogP contribution in [-0.4, -0.2) is 17.7 Å². The van der Waals surface area contributed by atoms with Crippen LogP contribution < -0.4 is 10.1 Å². The highest BCUT2D eigenvalue weighted by atomic mass is 79.9. The van der Waals surface area contributed by atoms with Gasteiger partial charge in [0, 0.05) is 22.3 Å². The molecule has 0 aromatic heterocycles. The van der Waals surface area contributed by atoms with Crippen LogP contribution in [0.3, 0.4) is 0 Å². The molecule has 0 saturated carbocycles. The molecule has 5 heteroatoms. The van der Waals surface area contributed by atoms with E-state index in [9.17, 15) is 4.79 Å². The second-order valence-corrected chi connectivity index (χ2v) is 5.79. The van der Waals surface area contributed by atoms with Crippen molar-refractivity contribution in [3.8, 4) is 5.75 Å². The second-order valence-electron chi connectivity index (χ2n) is 4.87. The van der Waals surface area contributed by atoms with Crippen molar-refractivity contribution in [1.29, 1.82) is 0 Å². The normalized spacial score (nSPS) is 10.3. The molecular weight excluding hydrogens is 346 g/mol. The zero-order valence-corrected chi connectivity index (χ0v) is 14.1. The molecule has 0 aliphatic heterocycles. The summed E-state index contributed by atoms with van der Waals surface area (Å²) in [7, 11) is 0. The smallest absolute Gasteiger partial charge is 0.335 e. The van der Waals surface area contributed by atoms with Crippen molar-refractivity contribution in [2.45, 2.75) is 20.4 Å². The number of nitrogens with one attached hydrogen (secondary N) is 1. The molecule has 0 heterocycles. The van der Waals surface area contributed by atoms with Crippen LogP contribution in [0.2, 0.25) is 0 Å². The minimum atomic E-state index is -0.930. The molecule has 0 spiro atoms. The van der Waals surface area contributed by atoms with Crippen molar-refractivity contribution >= 4 is 27.6 Å². The molecule has 0 radical (unpaired) electrons. The average Bonchev–Trinajstić information content (AvgIpc) is 2.48. The van der Waals surface area contributed by atoms with Crippen LogP contribution in [0.5, 0.6) is 5.75 Å². The van der Waals surface area contributed by atoms with Crippen LogP contribution in [0.4, 0.5) is 5.69 Å². The predicted octanol–water partition coefficient (Wildman–Crippen LogP) is 4.47. The first-order chi connectivity index (χ1) is 10.5. The van der Waals surface area contributed by atoms with Gasteiger partial charge in [-0.15, -0.1) is 0 Å². The highest BCUT2D eigenvalue weighted by molar-refractivity contribution is 9.10. The van der Waals surface area contributed by atoms with Gasteiger partial charge in [-0.25, -0.2) is 4.79 Å². The largest absolute Gasteiger partial charge is 0.494 e. The summed E-state index contributed by atoms with van der Waals surface area (Å²) in [4.78, 5) is 11.1. The molecule has 2 rings (SSSR count). The minimum absolute atomic E-state index is 0.271. The van der Waals surface area contributed by atoms with E-state index in [1.165, 1.54) is 0 Å². The number of carboxylic acids is 1. The van der Waals surface area contributed by atoms with Gasteiger partial charge in [0.1, 0.15) is 5.75 Å². The average molecular weight is 364 g/mol. The quantitative estimate of drug-likeness (QED) is 0.794. The van der Waals surface area contributed by atoms with E-state index in [2.05, 4.69) is 21.2 Å². The summed E-state index contributed by atoms with van der Waals surface area (Å²) in [6.07, 6.45) is 0. The number of rotatable bonds is 6. The molecule has 0 fully saturated rings. The van der Waals surface area contributed by atoms with Crippen LogP contribution in [0.15, 0.2) is 40.9 Å². The number of benzene rings is 2. The first-order valence-corrected chi connectivity index (χ1v) is 7.79. The lowest BCUT2D eigenvalue weighted by Crippen LogP contribution is -2.06. The standard InChI is InChI=1S/C17H18BrNO3/c1-3-22-16-7-6-14(18)8-13(16)10-19-15-9-12(17(20)21)5-4-11(15)2/h4-9,19H,3,10H2,1-2H3,(H,20,21). The van der Waals surface area contributed by atoms with Gasteiger partial charge >= 0.3 is 5.97 Å². The first kappa shape index (κ1) is 16.4. The van der Waals surface area contributed by atoms with Crippen molar-refractivity contribution in [3.63, 3.8) is 0 Å². The molecule has 0 amide bonds. The molecule has 0 aliphatic rings. The molecule has 116 valence electrons. The number of halogens is 1. The lowest BCUT2D eigenvalue weighted by Gasteiger charge is -2.14. The van der Waals surface area contributed by atoms with E-state index in [0.29, 0.717) is 13.2 Å². The molecule has 2 aromatic carbocycles. The van der Waals surface area contributed by atoms with Crippen LogP contribution >= 0.6 is 15.9 Å². The molecule has 0 saturated heterocycles. The fraction of sp³-hybridized carbons (Fsp3) is 0.235. The van der Waals surface area contributed by atoms with Crippen LogP contribution in [0.1, 0.15) is 28.4 Å². The Morgan fingerprint density at radius 2 is 2.05 bits per heavy atom.